The molecule has 1 aliphatic rings. The molecule has 0 saturated heterocycles. The molecule has 0 aliphatic heterocycles. The second kappa shape index (κ2) is 11.3. The number of aromatic nitrogens is 1. The summed E-state index contributed by atoms with van der Waals surface area (Å²) in [7, 11) is 2.86. The van der Waals surface area contributed by atoms with Crippen LogP contribution >= 0.6 is 0 Å². The van der Waals surface area contributed by atoms with E-state index in [4.69, 9.17) is 19.2 Å². The van der Waals surface area contributed by atoms with Crippen LogP contribution in [0.3, 0.4) is 0 Å². The van der Waals surface area contributed by atoms with E-state index in [1.54, 1.807) is 20.1 Å². The van der Waals surface area contributed by atoms with E-state index >= 15 is 0 Å². The minimum absolute atomic E-state index is 0.0494. The van der Waals surface area contributed by atoms with Crippen LogP contribution in [0.1, 0.15) is 66.1 Å². The molecule has 174 valence electrons. The SMILES string of the molecule is COCOc1ccc(Cc2c(C)cc(OCC(=O)OC)c(F)c2C)nc1C1CCCCC1. The van der Waals surface area contributed by atoms with Crippen molar-refractivity contribution in [2.75, 3.05) is 27.6 Å². The van der Waals surface area contributed by atoms with E-state index in [1.807, 2.05) is 19.1 Å². The molecule has 0 radical (unpaired) electrons. The molecule has 1 aromatic heterocycles. The minimum atomic E-state index is -0.556. The number of aryl methyl sites for hydroxylation is 1. The number of carbonyl (C=O) groups excluding carboxylic acids is 1. The molecular formula is C25H32FNO5. The first-order valence-corrected chi connectivity index (χ1v) is 11.0. The zero-order chi connectivity index (χ0) is 23.1. The molecule has 0 bridgehead atoms. The Morgan fingerprint density at radius 2 is 1.84 bits per heavy atom. The van der Waals surface area contributed by atoms with Crippen molar-refractivity contribution in [1.29, 1.82) is 0 Å². The minimum Gasteiger partial charge on any atom is -0.479 e. The van der Waals surface area contributed by atoms with Crippen molar-refractivity contribution < 1.29 is 28.1 Å². The smallest absolute Gasteiger partial charge is 0.343 e. The standard InChI is InChI=1S/C25H32FNO5/c1-16-12-22(31-14-23(28)30-4)24(26)17(2)20(16)13-19-10-11-21(32-15-29-3)25(27-19)18-8-6-5-7-9-18/h10-12,18H,5-9,13-15H2,1-4H3. The Bertz CT molecular complexity index is 940. The maximum Gasteiger partial charge on any atom is 0.343 e. The summed E-state index contributed by atoms with van der Waals surface area (Å²) < 4.78 is 35.7. The first kappa shape index (κ1) is 24.0. The lowest BCUT2D eigenvalue weighted by atomic mass is 9.86. The highest BCUT2D eigenvalue weighted by atomic mass is 19.1. The monoisotopic (exact) mass is 445 g/mol. The number of nitrogens with zero attached hydrogens (tertiary/aromatic N) is 1. The Balaban J connectivity index is 1.87. The predicted molar refractivity (Wildman–Crippen MR) is 119 cm³/mol. The Morgan fingerprint density at radius 3 is 2.53 bits per heavy atom. The van der Waals surface area contributed by atoms with Gasteiger partial charge in [0.1, 0.15) is 5.75 Å². The fourth-order valence-corrected chi connectivity index (χ4v) is 4.23. The molecule has 0 unspecified atom stereocenters. The van der Waals surface area contributed by atoms with Crippen LogP contribution in [-0.2, 0) is 20.7 Å². The van der Waals surface area contributed by atoms with Crippen LogP contribution < -0.4 is 9.47 Å². The van der Waals surface area contributed by atoms with E-state index in [0.29, 0.717) is 17.9 Å². The van der Waals surface area contributed by atoms with E-state index < -0.39 is 11.8 Å². The zero-order valence-electron chi connectivity index (χ0n) is 19.3. The van der Waals surface area contributed by atoms with Gasteiger partial charge in [0.2, 0.25) is 0 Å². The van der Waals surface area contributed by atoms with Gasteiger partial charge in [0, 0.05) is 25.1 Å². The van der Waals surface area contributed by atoms with Crippen LogP contribution in [0.2, 0.25) is 0 Å². The van der Waals surface area contributed by atoms with E-state index in [9.17, 15) is 9.18 Å². The molecule has 1 aliphatic carbocycles. The van der Waals surface area contributed by atoms with Crippen LogP contribution in [0.4, 0.5) is 4.39 Å². The van der Waals surface area contributed by atoms with Gasteiger partial charge in [0.15, 0.2) is 25.0 Å². The second-order valence-corrected chi connectivity index (χ2v) is 8.22. The molecule has 1 aromatic carbocycles. The van der Waals surface area contributed by atoms with Gasteiger partial charge in [-0.25, -0.2) is 9.18 Å². The van der Waals surface area contributed by atoms with Crippen molar-refractivity contribution >= 4 is 5.97 Å². The highest BCUT2D eigenvalue weighted by molar-refractivity contribution is 5.70. The summed E-state index contributed by atoms with van der Waals surface area (Å²) in [4.78, 5) is 16.3. The van der Waals surface area contributed by atoms with Gasteiger partial charge in [-0.1, -0.05) is 19.3 Å². The summed E-state index contributed by atoms with van der Waals surface area (Å²) in [6.45, 7) is 3.48. The van der Waals surface area contributed by atoms with Crippen LogP contribution in [-0.4, -0.2) is 38.6 Å². The lowest BCUT2D eigenvalue weighted by Gasteiger charge is -2.24. The number of methoxy groups -OCH3 is 2. The molecule has 32 heavy (non-hydrogen) atoms. The first-order chi connectivity index (χ1) is 15.4. The molecule has 1 saturated carbocycles. The van der Waals surface area contributed by atoms with Gasteiger partial charge >= 0.3 is 5.97 Å². The average molecular weight is 446 g/mol. The molecule has 7 heteroatoms. The lowest BCUT2D eigenvalue weighted by molar-refractivity contribution is -0.142. The fraction of sp³-hybridized carbons (Fsp3) is 0.520. The van der Waals surface area contributed by atoms with Crippen LogP contribution in [0, 0.1) is 19.7 Å². The van der Waals surface area contributed by atoms with Gasteiger partial charge in [-0.2, -0.15) is 0 Å². The second-order valence-electron chi connectivity index (χ2n) is 8.22. The van der Waals surface area contributed by atoms with Crippen molar-refractivity contribution in [1.82, 2.24) is 4.98 Å². The van der Waals surface area contributed by atoms with Crippen molar-refractivity contribution in [3.05, 3.63) is 52.1 Å². The molecule has 1 heterocycles. The maximum atomic E-state index is 14.9. The third kappa shape index (κ3) is 5.76. The van der Waals surface area contributed by atoms with E-state index in [0.717, 1.165) is 41.1 Å². The number of rotatable bonds is 9. The van der Waals surface area contributed by atoms with Gasteiger partial charge < -0.3 is 18.9 Å². The highest BCUT2D eigenvalue weighted by Crippen LogP contribution is 2.37. The van der Waals surface area contributed by atoms with Crippen molar-refractivity contribution in [2.24, 2.45) is 0 Å². The fourth-order valence-electron chi connectivity index (χ4n) is 4.23. The summed E-state index contributed by atoms with van der Waals surface area (Å²) >= 11 is 0. The normalized spacial score (nSPS) is 14.3. The number of halogens is 1. The third-order valence-corrected chi connectivity index (χ3v) is 6.02. The molecule has 0 amide bonds. The van der Waals surface area contributed by atoms with E-state index in [-0.39, 0.29) is 19.1 Å². The largest absolute Gasteiger partial charge is 0.479 e. The Labute approximate surface area is 189 Å². The average Bonchev–Trinajstić information content (AvgIpc) is 2.82. The molecule has 3 rings (SSSR count). The number of hydrogen-bond acceptors (Lipinski definition) is 6. The van der Waals surface area contributed by atoms with E-state index in [1.165, 1.54) is 26.4 Å². The maximum absolute atomic E-state index is 14.9. The molecule has 6 nitrogen and oxygen atoms in total. The first-order valence-electron chi connectivity index (χ1n) is 11.0. The van der Waals surface area contributed by atoms with Gasteiger partial charge in [0.25, 0.3) is 0 Å². The number of esters is 1. The molecule has 0 N–H and O–H groups in total. The summed E-state index contributed by atoms with van der Waals surface area (Å²) in [6, 6.07) is 5.49. The highest BCUT2D eigenvalue weighted by Gasteiger charge is 2.22. The Kier molecular flexibility index (Phi) is 8.45. The summed E-state index contributed by atoms with van der Waals surface area (Å²) in [5.74, 6) is 0.145. The van der Waals surface area contributed by atoms with Gasteiger partial charge in [-0.15, -0.1) is 0 Å². The summed E-state index contributed by atoms with van der Waals surface area (Å²) in [6.07, 6.45) is 6.33. The number of benzene rings is 1. The van der Waals surface area contributed by atoms with Gasteiger partial charge in [-0.3, -0.25) is 4.98 Å². The lowest BCUT2D eigenvalue weighted by Crippen LogP contribution is -2.14. The molecule has 0 atom stereocenters. The molecule has 2 aromatic rings. The molecule has 0 spiro atoms. The number of carbonyl (C=O) groups is 1. The predicted octanol–water partition coefficient (Wildman–Crippen LogP) is 5.01. The zero-order valence-corrected chi connectivity index (χ0v) is 19.3. The topological polar surface area (TPSA) is 66.9 Å². The van der Waals surface area contributed by atoms with Gasteiger partial charge in [0.05, 0.1) is 12.8 Å². The number of pyridine rings is 1. The quantitative estimate of drug-likeness (QED) is 0.399. The van der Waals surface area contributed by atoms with Crippen LogP contribution in [0.15, 0.2) is 18.2 Å². The van der Waals surface area contributed by atoms with Crippen LogP contribution in [0.5, 0.6) is 11.5 Å². The van der Waals surface area contributed by atoms with Crippen molar-refractivity contribution in [3.63, 3.8) is 0 Å². The summed E-state index contributed by atoms with van der Waals surface area (Å²) in [5.41, 5.74) is 4.06. The van der Waals surface area contributed by atoms with Crippen molar-refractivity contribution in [2.45, 2.75) is 58.3 Å². The van der Waals surface area contributed by atoms with Crippen molar-refractivity contribution in [3.8, 4) is 11.5 Å². The molecular weight excluding hydrogens is 413 g/mol. The number of hydrogen-bond donors (Lipinski definition) is 0. The molecule has 1 fully saturated rings. The van der Waals surface area contributed by atoms with Crippen LogP contribution in [0.25, 0.3) is 0 Å². The number of ether oxygens (including phenoxy) is 4. The summed E-state index contributed by atoms with van der Waals surface area (Å²) in [5, 5.41) is 0. The Morgan fingerprint density at radius 1 is 1.09 bits per heavy atom. The third-order valence-electron chi connectivity index (χ3n) is 6.02. The van der Waals surface area contributed by atoms with E-state index in [2.05, 4.69) is 4.74 Å². The van der Waals surface area contributed by atoms with Gasteiger partial charge in [-0.05, 0) is 61.6 Å². The Hall–Kier alpha value is -2.67.